The third kappa shape index (κ3) is 4.56. The molecular formula is C24H20N4O2. The van der Waals surface area contributed by atoms with Gasteiger partial charge in [-0.25, -0.2) is 9.59 Å². The molecule has 0 fully saturated rings. The third-order valence-electron chi connectivity index (χ3n) is 4.46. The monoisotopic (exact) mass is 396 g/mol. The van der Waals surface area contributed by atoms with E-state index in [1.165, 1.54) is 0 Å². The van der Waals surface area contributed by atoms with Gasteiger partial charge in [-0.1, -0.05) is 60.7 Å². The molecule has 0 heterocycles. The largest absolute Gasteiger partial charge is 0.323 e. The second kappa shape index (κ2) is 8.79. The average Bonchev–Trinajstić information content (AvgIpc) is 2.75. The van der Waals surface area contributed by atoms with Crippen molar-refractivity contribution in [2.45, 2.75) is 0 Å². The first kappa shape index (κ1) is 19.0. The molecule has 6 nitrogen and oxygen atoms in total. The van der Waals surface area contributed by atoms with Gasteiger partial charge in [-0.15, -0.1) is 0 Å². The first-order chi connectivity index (χ1) is 14.7. The van der Waals surface area contributed by atoms with Gasteiger partial charge in [-0.3, -0.25) is 0 Å². The van der Waals surface area contributed by atoms with Crippen LogP contribution in [0, 0.1) is 0 Å². The highest BCUT2D eigenvalue weighted by molar-refractivity contribution is 6.13. The Bertz CT molecular complexity index is 1090. The molecule has 6 heteroatoms. The van der Waals surface area contributed by atoms with Crippen molar-refractivity contribution in [3.63, 3.8) is 0 Å². The van der Waals surface area contributed by atoms with Crippen LogP contribution in [0.3, 0.4) is 0 Å². The van der Waals surface area contributed by atoms with E-state index >= 15 is 0 Å². The van der Waals surface area contributed by atoms with Crippen molar-refractivity contribution in [1.82, 2.24) is 0 Å². The molecule has 0 spiro atoms. The molecule has 148 valence electrons. The molecule has 0 radical (unpaired) electrons. The maximum absolute atomic E-state index is 12.5. The van der Waals surface area contributed by atoms with Gasteiger partial charge in [0.1, 0.15) is 0 Å². The maximum Gasteiger partial charge on any atom is 0.323 e. The second-order valence-electron chi connectivity index (χ2n) is 6.60. The number of hydrogen-bond acceptors (Lipinski definition) is 2. The summed E-state index contributed by atoms with van der Waals surface area (Å²) in [5.41, 5.74) is 2.57. The van der Waals surface area contributed by atoms with Gasteiger partial charge in [0, 0.05) is 16.8 Å². The topological polar surface area (TPSA) is 82.3 Å². The number of carbonyl (C=O) groups is 2. The fourth-order valence-electron chi connectivity index (χ4n) is 3.16. The first-order valence-corrected chi connectivity index (χ1v) is 9.47. The zero-order valence-electron chi connectivity index (χ0n) is 16.1. The van der Waals surface area contributed by atoms with Crippen LogP contribution < -0.4 is 21.3 Å². The number of hydrogen-bond donors (Lipinski definition) is 4. The van der Waals surface area contributed by atoms with Crippen LogP contribution >= 0.6 is 0 Å². The lowest BCUT2D eigenvalue weighted by Crippen LogP contribution is -2.21. The summed E-state index contributed by atoms with van der Waals surface area (Å²) in [5, 5.41) is 13.0. The average molecular weight is 396 g/mol. The van der Waals surface area contributed by atoms with E-state index in [-0.39, 0.29) is 12.1 Å². The van der Waals surface area contributed by atoms with Gasteiger partial charge in [-0.05, 0) is 41.8 Å². The molecule has 0 saturated heterocycles. The number of fused-ring (bicyclic) bond motifs is 1. The lowest BCUT2D eigenvalue weighted by atomic mass is 10.1. The summed E-state index contributed by atoms with van der Waals surface area (Å²) in [4.78, 5) is 25.0. The van der Waals surface area contributed by atoms with E-state index in [9.17, 15) is 9.59 Å². The van der Waals surface area contributed by atoms with Crippen molar-refractivity contribution in [1.29, 1.82) is 0 Å². The Kier molecular flexibility index (Phi) is 5.57. The Morgan fingerprint density at radius 3 is 1.33 bits per heavy atom. The van der Waals surface area contributed by atoms with Gasteiger partial charge in [0.05, 0.1) is 11.4 Å². The number of para-hydroxylation sites is 2. The van der Waals surface area contributed by atoms with Gasteiger partial charge < -0.3 is 21.3 Å². The van der Waals surface area contributed by atoms with Crippen LogP contribution in [0.15, 0.2) is 97.1 Å². The van der Waals surface area contributed by atoms with Crippen LogP contribution in [0.4, 0.5) is 32.3 Å². The zero-order chi connectivity index (χ0) is 20.8. The number of amides is 4. The van der Waals surface area contributed by atoms with E-state index in [2.05, 4.69) is 21.3 Å². The van der Waals surface area contributed by atoms with Crippen LogP contribution in [-0.2, 0) is 0 Å². The van der Waals surface area contributed by atoms with Crippen molar-refractivity contribution in [3.05, 3.63) is 97.1 Å². The molecule has 4 aromatic rings. The normalized spacial score (nSPS) is 10.3. The molecule has 0 atom stereocenters. The molecule has 0 saturated carbocycles. The minimum atomic E-state index is -0.364. The van der Waals surface area contributed by atoms with E-state index in [0.717, 1.165) is 10.8 Å². The molecule has 0 aliphatic rings. The highest BCUT2D eigenvalue weighted by Gasteiger charge is 2.12. The number of nitrogens with one attached hydrogen (secondary N) is 4. The number of urea groups is 2. The van der Waals surface area contributed by atoms with Crippen molar-refractivity contribution in [2.24, 2.45) is 0 Å². The molecule has 4 N–H and O–H groups in total. The smallest absolute Gasteiger partial charge is 0.308 e. The van der Waals surface area contributed by atoms with E-state index in [4.69, 9.17) is 0 Å². The van der Waals surface area contributed by atoms with Gasteiger partial charge in [0.2, 0.25) is 0 Å². The van der Waals surface area contributed by atoms with Gasteiger partial charge >= 0.3 is 12.1 Å². The van der Waals surface area contributed by atoms with Crippen molar-refractivity contribution >= 4 is 45.6 Å². The van der Waals surface area contributed by atoms with Crippen molar-refractivity contribution in [3.8, 4) is 0 Å². The van der Waals surface area contributed by atoms with E-state index in [1.807, 2.05) is 84.9 Å². The van der Waals surface area contributed by atoms with Crippen LogP contribution in [-0.4, -0.2) is 12.1 Å². The van der Waals surface area contributed by atoms with E-state index in [1.54, 1.807) is 12.1 Å². The Labute approximate surface area is 173 Å². The summed E-state index contributed by atoms with van der Waals surface area (Å²) in [7, 11) is 0. The third-order valence-corrected chi connectivity index (χ3v) is 4.46. The summed E-state index contributed by atoms with van der Waals surface area (Å²) in [6.45, 7) is 0. The summed E-state index contributed by atoms with van der Waals surface area (Å²) < 4.78 is 0. The van der Waals surface area contributed by atoms with Crippen LogP contribution in [0.1, 0.15) is 0 Å². The number of carbonyl (C=O) groups excluding carboxylic acids is 2. The molecular weight excluding hydrogens is 376 g/mol. The minimum absolute atomic E-state index is 0.364. The van der Waals surface area contributed by atoms with E-state index in [0.29, 0.717) is 22.7 Å². The number of anilines is 4. The molecule has 4 amide bonds. The van der Waals surface area contributed by atoms with Crippen molar-refractivity contribution < 1.29 is 9.59 Å². The zero-order valence-corrected chi connectivity index (χ0v) is 16.1. The highest BCUT2D eigenvalue weighted by atomic mass is 16.2. The Balaban J connectivity index is 1.57. The lowest BCUT2D eigenvalue weighted by molar-refractivity contribution is 0.261. The molecule has 0 aliphatic carbocycles. The summed E-state index contributed by atoms with van der Waals surface area (Å²) in [6, 6.07) is 28.8. The predicted molar refractivity (Wildman–Crippen MR) is 122 cm³/mol. The predicted octanol–water partition coefficient (Wildman–Crippen LogP) is 6.13. The molecule has 0 bridgehead atoms. The Hall–Kier alpha value is -4.32. The summed E-state index contributed by atoms with van der Waals surface area (Å²) >= 11 is 0. The Morgan fingerprint density at radius 2 is 0.900 bits per heavy atom. The van der Waals surface area contributed by atoms with Gasteiger partial charge in [0.15, 0.2) is 0 Å². The van der Waals surface area contributed by atoms with Crippen molar-refractivity contribution in [2.75, 3.05) is 21.3 Å². The first-order valence-electron chi connectivity index (χ1n) is 9.47. The molecule has 4 rings (SSSR count). The summed E-state index contributed by atoms with van der Waals surface area (Å²) in [6.07, 6.45) is 0. The molecule has 0 unspecified atom stereocenters. The SMILES string of the molecule is O=C(Nc1ccccc1)Nc1cccc2cccc(NC(=O)Nc3ccccc3)c12. The van der Waals surface area contributed by atoms with Crippen LogP contribution in [0.5, 0.6) is 0 Å². The van der Waals surface area contributed by atoms with E-state index < -0.39 is 0 Å². The standard InChI is InChI=1S/C24H20N4O2/c29-23(25-18-11-3-1-4-12-18)27-20-15-7-9-17-10-8-16-21(22(17)20)28-24(30)26-19-13-5-2-6-14-19/h1-16H,(H2,25,27,29)(H2,26,28,30). The maximum atomic E-state index is 12.5. The van der Waals surface area contributed by atoms with Gasteiger partial charge in [0.25, 0.3) is 0 Å². The second-order valence-corrected chi connectivity index (χ2v) is 6.60. The minimum Gasteiger partial charge on any atom is -0.308 e. The van der Waals surface area contributed by atoms with Gasteiger partial charge in [-0.2, -0.15) is 0 Å². The fourth-order valence-corrected chi connectivity index (χ4v) is 3.16. The number of rotatable bonds is 4. The highest BCUT2D eigenvalue weighted by Crippen LogP contribution is 2.31. The lowest BCUT2D eigenvalue weighted by Gasteiger charge is -2.14. The number of benzene rings is 4. The molecule has 0 aliphatic heterocycles. The molecule has 0 aromatic heterocycles. The quantitative estimate of drug-likeness (QED) is 0.335. The van der Waals surface area contributed by atoms with Crippen LogP contribution in [0.2, 0.25) is 0 Å². The fraction of sp³-hybridized carbons (Fsp3) is 0. The molecule has 4 aromatic carbocycles. The summed E-state index contributed by atoms with van der Waals surface area (Å²) in [5.74, 6) is 0. The molecule has 30 heavy (non-hydrogen) atoms. The van der Waals surface area contributed by atoms with Crippen LogP contribution in [0.25, 0.3) is 10.8 Å². The Morgan fingerprint density at radius 1 is 0.467 bits per heavy atom.